The molecular weight excluding hydrogens is 266 g/mol. The van der Waals surface area contributed by atoms with Crippen molar-refractivity contribution in [3.05, 3.63) is 51.0 Å². The summed E-state index contributed by atoms with van der Waals surface area (Å²) < 4.78 is 0. The third-order valence-electron chi connectivity index (χ3n) is 3.71. The molecule has 20 heavy (non-hydrogen) atoms. The lowest BCUT2D eigenvalue weighted by molar-refractivity contribution is 0.639. The number of benzene rings is 1. The van der Waals surface area contributed by atoms with Gasteiger partial charge in [0.2, 0.25) is 0 Å². The van der Waals surface area contributed by atoms with Crippen LogP contribution in [0, 0.1) is 0 Å². The summed E-state index contributed by atoms with van der Waals surface area (Å²) in [5, 5.41) is 8.10. The highest BCUT2D eigenvalue weighted by atomic mass is 32.1. The molecule has 1 aromatic carbocycles. The van der Waals surface area contributed by atoms with E-state index in [0.717, 1.165) is 39.0 Å². The maximum Gasteiger partial charge on any atom is 0.107 e. The second-order valence-electron chi connectivity index (χ2n) is 5.21. The normalized spacial score (nSPS) is 14.2. The van der Waals surface area contributed by atoms with E-state index in [2.05, 4.69) is 40.7 Å². The number of hydrogen-bond acceptors (Lipinski definition) is 4. The van der Waals surface area contributed by atoms with Crippen molar-refractivity contribution < 1.29 is 0 Å². The number of rotatable bonds is 5. The van der Waals surface area contributed by atoms with E-state index in [0.29, 0.717) is 0 Å². The smallest absolute Gasteiger partial charge is 0.107 e. The molecule has 0 atom stereocenters. The Hall–Kier alpha value is -1.23. The van der Waals surface area contributed by atoms with Crippen molar-refractivity contribution in [2.75, 3.05) is 6.54 Å². The van der Waals surface area contributed by atoms with Crippen LogP contribution in [0.25, 0.3) is 0 Å². The van der Waals surface area contributed by atoms with E-state index < -0.39 is 0 Å². The molecule has 2 N–H and O–H groups in total. The van der Waals surface area contributed by atoms with Gasteiger partial charge in [-0.1, -0.05) is 25.1 Å². The Kier molecular flexibility index (Phi) is 4.45. The second kappa shape index (κ2) is 6.48. The molecule has 0 fully saturated rings. The van der Waals surface area contributed by atoms with E-state index in [-0.39, 0.29) is 0 Å². The second-order valence-corrected chi connectivity index (χ2v) is 6.41. The van der Waals surface area contributed by atoms with Crippen LogP contribution in [-0.4, -0.2) is 11.5 Å². The number of hydrogen-bond donors (Lipinski definition) is 2. The largest absolute Gasteiger partial charge is 0.312 e. The van der Waals surface area contributed by atoms with Crippen molar-refractivity contribution in [1.29, 1.82) is 0 Å². The van der Waals surface area contributed by atoms with Gasteiger partial charge in [-0.25, -0.2) is 4.98 Å². The predicted octanol–water partition coefficient (Wildman–Crippen LogP) is 2.64. The first-order chi connectivity index (χ1) is 9.85. The first-order valence-corrected chi connectivity index (χ1v) is 8.12. The van der Waals surface area contributed by atoms with E-state index in [9.17, 15) is 0 Å². The minimum atomic E-state index is 0.861. The minimum absolute atomic E-state index is 0.861. The highest BCUT2D eigenvalue weighted by molar-refractivity contribution is 7.11. The lowest BCUT2D eigenvalue weighted by atomic mass is 9.98. The van der Waals surface area contributed by atoms with Gasteiger partial charge in [0, 0.05) is 30.7 Å². The van der Waals surface area contributed by atoms with Gasteiger partial charge in [-0.2, -0.15) is 0 Å². The van der Waals surface area contributed by atoms with Gasteiger partial charge in [0.05, 0.1) is 0 Å². The monoisotopic (exact) mass is 287 g/mol. The molecule has 0 amide bonds. The van der Waals surface area contributed by atoms with Crippen LogP contribution < -0.4 is 10.6 Å². The van der Waals surface area contributed by atoms with Crippen molar-refractivity contribution in [3.63, 3.8) is 0 Å². The summed E-state index contributed by atoms with van der Waals surface area (Å²) in [6.07, 6.45) is 4.23. The fraction of sp³-hybridized carbons (Fsp3) is 0.438. The molecule has 2 aromatic rings. The van der Waals surface area contributed by atoms with Gasteiger partial charge in [0.15, 0.2) is 0 Å². The summed E-state index contributed by atoms with van der Waals surface area (Å²) in [6.45, 7) is 6.06. The molecule has 1 aromatic heterocycles. The van der Waals surface area contributed by atoms with Crippen molar-refractivity contribution in [3.8, 4) is 0 Å². The zero-order chi connectivity index (χ0) is 13.8. The van der Waals surface area contributed by atoms with Crippen LogP contribution >= 0.6 is 11.3 Å². The van der Waals surface area contributed by atoms with Gasteiger partial charge in [-0.05, 0) is 36.1 Å². The number of aromatic nitrogens is 1. The predicted molar refractivity (Wildman–Crippen MR) is 83.9 cm³/mol. The molecule has 0 unspecified atom stereocenters. The number of thiazole rings is 1. The van der Waals surface area contributed by atoms with Crippen LogP contribution in [0.5, 0.6) is 0 Å². The van der Waals surface area contributed by atoms with Gasteiger partial charge in [-0.3, -0.25) is 0 Å². The van der Waals surface area contributed by atoms with Crippen LogP contribution in [0.4, 0.5) is 0 Å². The Bertz CT molecular complexity index is 577. The quantitative estimate of drug-likeness (QED) is 0.887. The molecule has 0 bridgehead atoms. The third-order valence-corrected chi connectivity index (χ3v) is 4.85. The molecule has 0 aliphatic carbocycles. The molecule has 1 aliphatic rings. The van der Waals surface area contributed by atoms with E-state index >= 15 is 0 Å². The van der Waals surface area contributed by atoms with Crippen molar-refractivity contribution in [1.82, 2.24) is 15.6 Å². The van der Waals surface area contributed by atoms with E-state index in [1.807, 2.05) is 17.5 Å². The van der Waals surface area contributed by atoms with Gasteiger partial charge in [0.25, 0.3) is 0 Å². The zero-order valence-corrected chi connectivity index (χ0v) is 12.7. The molecule has 0 spiro atoms. The minimum Gasteiger partial charge on any atom is -0.312 e. The molecular formula is C16H21N3S. The van der Waals surface area contributed by atoms with Gasteiger partial charge < -0.3 is 10.6 Å². The van der Waals surface area contributed by atoms with Crippen molar-refractivity contribution >= 4 is 11.3 Å². The Morgan fingerprint density at radius 1 is 1.30 bits per heavy atom. The standard InChI is InChI=1S/C16H21N3S/c1-2-15-10-19-16(20-15)11-18-8-12-3-4-13-5-6-17-9-14(13)7-12/h3-4,7,10,17-18H,2,5-6,8-9,11H2,1H3. The Balaban J connectivity index is 1.55. The highest BCUT2D eigenvalue weighted by Crippen LogP contribution is 2.16. The summed E-state index contributed by atoms with van der Waals surface area (Å²) >= 11 is 1.81. The SMILES string of the molecule is CCc1cnc(CNCc2ccc3c(c2)CNCC3)s1. The molecule has 0 saturated heterocycles. The molecule has 3 rings (SSSR count). The molecule has 2 heterocycles. The first kappa shape index (κ1) is 13.7. The van der Waals surface area contributed by atoms with Gasteiger partial charge in [0.1, 0.15) is 5.01 Å². The Labute approximate surface area is 124 Å². The summed E-state index contributed by atoms with van der Waals surface area (Å²) in [5.41, 5.74) is 4.32. The average molecular weight is 287 g/mol. The van der Waals surface area contributed by atoms with Gasteiger partial charge in [-0.15, -0.1) is 11.3 Å². The highest BCUT2D eigenvalue weighted by Gasteiger charge is 2.08. The summed E-state index contributed by atoms with van der Waals surface area (Å²) in [4.78, 5) is 5.80. The van der Waals surface area contributed by atoms with Crippen LogP contribution in [0.1, 0.15) is 33.5 Å². The number of nitrogens with one attached hydrogen (secondary N) is 2. The van der Waals surface area contributed by atoms with Gasteiger partial charge >= 0.3 is 0 Å². The van der Waals surface area contributed by atoms with Crippen LogP contribution in [-0.2, 0) is 32.5 Å². The number of nitrogens with zero attached hydrogens (tertiary/aromatic N) is 1. The fourth-order valence-corrected chi connectivity index (χ4v) is 3.38. The van der Waals surface area contributed by atoms with Crippen LogP contribution in [0.2, 0.25) is 0 Å². The van der Waals surface area contributed by atoms with Crippen molar-refractivity contribution in [2.45, 2.75) is 39.4 Å². The topological polar surface area (TPSA) is 37.0 Å². The molecule has 3 nitrogen and oxygen atoms in total. The van der Waals surface area contributed by atoms with E-state index in [4.69, 9.17) is 0 Å². The average Bonchev–Trinajstić information content (AvgIpc) is 2.95. The van der Waals surface area contributed by atoms with Crippen LogP contribution in [0.15, 0.2) is 24.4 Å². The first-order valence-electron chi connectivity index (χ1n) is 7.31. The summed E-state index contributed by atoms with van der Waals surface area (Å²) in [5.74, 6) is 0. The fourth-order valence-electron chi connectivity index (χ4n) is 2.55. The maximum absolute atomic E-state index is 4.43. The lowest BCUT2D eigenvalue weighted by Crippen LogP contribution is -2.24. The molecule has 106 valence electrons. The van der Waals surface area contributed by atoms with E-state index in [1.54, 1.807) is 0 Å². The molecule has 0 radical (unpaired) electrons. The van der Waals surface area contributed by atoms with Crippen LogP contribution in [0.3, 0.4) is 0 Å². The lowest BCUT2D eigenvalue weighted by Gasteiger charge is -2.18. The molecule has 1 aliphatic heterocycles. The van der Waals surface area contributed by atoms with E-state index in [1.165, 1.54) is 26.6 Å². The number of aryl methyl sites for hydroxylation is 1. The Morgan fingerprint density at radius 3 is 3.10 bits per heavy atom. The third kappa shape index (κ3) is 3.26. The Morgan fingerprint density at radius 2 is 2.25 bits per heavy atom. The zero-order valence-electron chi connectivity index (χ0n) is 11.9. The molecule has 0 saturated carbocycles. The summed E-state index contributed by atoms with van der Waals surface area (Å²) in [7, 11) is 0. The van der Waals surface area contributed by atoms with Crippen molar-refractivity contribution in [2.24, 2.45) is 0 Å². The number of fused-ring (bicyclic) bond motifs is 1. The summed E-state index contributed by atoms with van der Waals surface area (Å²) in [6, 6.07) is 6.86. The maximum atomic E-state index is 4.43. The molecule has 4 heteroatoms.